The Morgan fingerprint density at radius 1 is 1.17 bits per heavy atom. The molecule has 4 rings (SSSR count). The van der Waals surface area contributed by atoms with Crippen LogP contribution in [0.1, 0.15) is 51.9 Å². The summed E-state index contributed by atoms with van der Waals surface area (Å²) in [6, 6.07) is 17.0. The minimum absolute atomic E-state index is 0.159. The highest BCUT2D eigenvalue weighted by molar-refractivity contribution is 6.34. The maximum Gasteiger partial charge on any atom is 0.274 e. The third kappa shape index (κ3) is 5.17. The number of fused-ring (bicyclic) bond motifs is 1. The fraction of sp³-hybridized carbons (Fsp3) is 0.200. The van der Waals surface area contributed by atoms with Crippen LogP contribution in [0.3, 0.4) is 0 Å². The summed E-state index contributed by atoms with van der Waals surface area (Å²) in [4.78, 5) is 34.7. The van der Waals surface area contributed by atoms with Crippen LogP contribution in [0.15, 0.2) is 65.7 Å². The second kappa shape index (κ2) is 10.2. The van der Waals surface area contributed by atoms with Crippen molar-refractivity contribution in [3.63, 3.8) is 0 Å². The van der Waals surface area contributed by atoms with E-state index in [2.05, 4.69) is 20.6 Å². The molecule has 2 amide bonds. The summed E-state index contributed by atoms with van der Waals surface area (Å²) in [7, 11) is 1.52. The molecule has 180 valence electrons. The van der Waals surface area contributed by atoms with Crippen molar-refractivity contribution in [2.24, 2.45) is 10.8 Å². The largest absolute Gasteiger partial charge is 0.343 e. The topological polar surface area (TPSA) is 122 Å². The number of nitrogens with two attached hydrogens (primary N) is 1. The third-order valence-corrected chi connectivity index (χ3v) is 6.04. The standard InChI is InChI=1S/C25H25ClN6O3/c1-14-18-10-12-20(29-22(18)31-25(28-14)35-3)23(33)30-21-13-17(9-11-19(21)26)24(34)32(27)15(2)16-7-5-4-6-8-16/h4-13,15,25H,27H2,1-3H3,(H,29,31)(H,30,33). The highest BCUT2D eigenvalue weighted by Gasteiger charge is 2.23. The van der Waals surface area contributed by atoms with E-state index in [-0.39, 0.29) is 28.0 Å². The number of hydrazine groups is 1. The van der Waals surface area contributed by atoms with E-state index in [1.54, 1.807) is 18.2 Å². The summed E-state index contributed by atoms with van der Waals surface area (Å²) in [5.74, 6) is 5.72. The number of ether oxygens (including phenoxy) is 1. The van der Waals surface area contributed by atoms with E-state index in [4.69, 9.17) is 22.2 Å². The maximum absolute atomic E-state index is 13.0. The molecule has 1 aliphatic heterocycles. The van der Waals surface area contributed by atoms with Crippen LogP contribution in [0.25, 0.3) is 0 Å². The van der Waals surface area contributed by atoms with Crippen molar-refractivity contribution >= 4 is 40.6 Å². The van der Waals surface area contributed by atoms with E-state index in [0.29, 0.717) is 5.82 Å². The van der Waals surface area contributed by atoms with Crippen LogP contribution in [-0.4, -0.2) is 41.0 Å². The van der Waals surface area contributed by atoms with Gasteiger partial charge >= 0.3 is 0 Å². The predicted molar refractivity (Wildman–Crippen MR) is 135 cm³/mol. The van der Waals surface area contributed by atoms with Crippen LogP contribution >= 0.6 is 11.6 Å². The quantitative estimate of drug-likeness (QED) is 0.269. The molecule has 3 aromatic rings. The zero-order chi connectivity index (χ0) is 25.1. The van der Waals surface area contributed by atoms with E-state index >= 15 is 0 Å². The number of hydrogen-bond donors (Lipinski definition) is 3. The van der Waals surface area contributed by atoms with E-state index in [0.717, 1.165) is 21.8 Å². The number of pyridine rings is 1. The number of benzene rings is 2. The van der Waals surface area contributed by atoms with E-state index in [1.807, 2.05) is 44.2 Å². The highest BCUT2D eigenvalue weighted by Crippen LogP contribution is 2.27. The molecule has 9 nitrogen and oxygen atoms in total. The van der Waals surface area contributed by atoms with E-state index < -0.39 is 18.2 Å². The second-order valence-electron chi connectivity index (χ2n) is 7.99. The fourth-order valence-corrected chi connectivity index (χ4v) is 3.82. The van der Waals surface area contributed by atoms with Crippen molar-refractivity contribution in [3.8, 4) is 0 Å². The number of rotatable bonds is 6. The van der Waals surface area contributed by atoms with E-state index in [1.165, 1.54) is 19.2 Å². The number of carbonyl (C=O) groups excluding carboxylic acids is 2. The number of aromatic nitrogens is 1. The van der Waals surface area contributed by atoms with Crippen molar-refractivity contribution in [2.45, 2.75) is 26.2 Å². The summed E-state index contributed by atoms with van der Waals surface area (Å²) < 4.78 is 5.23. The summed E-state index contributed by atoms with van der Waals surface area (Å²) in [6.45, 7) is 3.68. The number of nitrogens with zero attached hydrogens (tertiary/aromatic N) is 3. The molecule has 1 aliphatic rings. The van der Waals surface area contributed by atoms with Crippen LogP contribution in [0, 0.1) is 0 Å². The van der Waals surface area contributed by atoms with Gasteiger partial charge in [0.05, 0.1) is 16.8 Å². The highest BCUT2D eigenvalue weighted by atomic mass is 35.5. The van der Waals surface area contributed by atoms with Crippen LogP contribution in [0.5, 0.6) is 0 Å². The molecule has 1 aromatic heterocycles. The number of halogens is 1. The molecule has 0 fully saturated rings. The molecule has 35 heavy (non-hydrogen) atoms. The van der Waals surface area contributed by atoms with Crippen molar-refractivity contribution < 1.29 is 14.3 Å². The summed E-state index contributed by atoms with van der Waals surface area (Å²) in [6.07, 6.45) is -0.581. The maximum atomic E-state index is 13.0. The van der Waals surface area contributed by atoms with Gasteiger partial charge in [-0.05, 0) is 49.7 Å². The lowest BCUT2D eigenvalue weighted by Gasteiger charge is -2.25. The molecule has 2 heterocycles. The van der Waals surface area contributed by atoms with Crippen molar-refractivity contribution in [2.75, 3.05) is 17.7 Å². The Hall–Kier alpha value is -3.79. The van der Waals surface area contributed by atoms with Gasteiger partial charge in [-0.1, -0.05) is 41.9 Å². The van der Waals surface area contributed by atoms with Gasteiger partial charge in [-0.25, -0.2) is 15.8 Å². The van der Waals surface area contributed by atoms with Gasteiger partial charge in [0, 0.05) is 23.9 Å². The first-order chi connectivity index (χ1) is 16.8. The van der Waals surface area contributed by atoms with Gasteiger partial charge in [-0.2, -0.15) is 0 Å². The lowest BCUT2D eigenvalue weighted by atomic mass is 10.1. The van der Waals surface area contributed by atoms with Gasteiger partial charge in [-0.15, -0.1) is 0 Å². The molecule has 0 aliphatic carbocycles. The van der Waals surface area contributed by atoms with Gasteiger partial charge in [0.1, 0.15) is 11.5 Å². The lowest BCUT2D eigenvalue weighted by molar-refractivity contribution is 0.0690. The SMILES string of the molecule is COC1N=C(C)c2ccc(C(=O)Nc3cc(C(=O)N(N)C(C)c4ccccc4)ccc3Cl)nc2N1. The molecule has 0 saturated carbocycles. The van der Waals surface area contributed by atoms with Crippen molar-refractivity contribution in [3.05, 3.63) is 88.1 Å². The average Bonchev–Trinajstić information content (AvgIpc) is 2.88. The summed E-state index contributed by atoms with van der Waals surface area (Å²) >= 11 is 6.31. The zero-order valence-corrected chi connectivity index (χ0v) is 20.2. The van der Waals surface area contributed by atoms with Crippen LogP contribution < -0.4 is 16.5 Å². The Balaban J connectivity index is 1.53. The predicted octanol–water partition coefficient (Wildman–Crippen LogP) is 4.23. The van der Waals surface area contributed by atoms with Gasteiger partial charge in [0.15, 0.2) is 0 Å². The zero-order valence-electron chi connectivity index (χ0n) is 19.4. The molecule has 0 saturated heterocycles. The Bertz CT molecular complexity index is 1300. The first-order valence-electron chi connectivity index (χ1n) is 10.9. The van der Waals surface area contributed by atoms with Crippen LogP contribution in [-0.2, 0) is 4.74 Å². The van der Waals surface area contributed by atoms with Crippen molar-refractivity contribution in [1.29, 1.82) is 0 Å². The molecule has 4 N–H and O–H groups in total. The normalized spacial score (nSPS) is 15.3. The average molecular weight is 493 g/mol. The molecular formula is C25H25ClN6O3. The molecular weight excluding hydrogens is 468 g/mol. The van der Waals surface area contributed by atoms with Gasteiger partial charge in [0.25, 0.3) is 11.8 Å². The van der Waals surface area contributed by atoms with Crippen molar-refractivity contribution in [1.82, 2.24) is 9.99 Å². The minimum Gasteiger partial charge on any atom is -0.343 e. The Labute approximate surface area is 207 Å². The Kier molecular flexibility index (Phi) is 7.11. The monoisotopic (exact) mass is 492 g/mol. The summed E-state index contributed by atoms with van der Waals surface area (Å²) in [5.41, 5.74) is 3.13. The number of anilines is 2. The van der Waals surface area contributed by atoms with E-state index in [9.17, 15) is 9.59 Å². The fourth-order valence-electron chi connectivity index (χ4n) is 3.65. The molecule has 0 spiro atoms. The number of carbonyl (C=O) groups is 2. The molecule has 0 bridgehead atoms. The minimum atomic E-state index is -0.581. The summed E-state index contributed by atoms with van der Waals surface area (Å²) in [5, 5.41) is 7.17. The number of aliphatic imine (C=N–C) groups is 1. The molecule has 2 unspecified atom stereocenters. The van der Waals surface area contributed by atoms with Gasteiger partial charge in [0.2, 0.25) is 6.35 Å². The number of amides is 2. The van der Waals surface area contributed by atoms with Gasteiger partial charge in [-0.3, -0.25) is 14.6 Å². The number of hydrogen-bond acceptors (Lipinski definition) is 7. The van der Waals surface area contributed by atoms with Crippen LogP contribution in [0.4, 0.5) is 11.5 Å². The number of methoxy groups -OCH3 is 1. The first kappa shape index (κ1) is 24.3. The molecule has 0 radical (unpaired) electrons. The molecule has 2 aromatic carbocycles. The molecule has 2 atom stereocenters. The first-order valence-corrected chi connectivity index (χ1v) is 11.3. The molecule has 10 heteroatoms. The smallest absolute Gasteiger partial charge is 0.274 e. The Morgan fingerprint density at radius 3 is 2.63 bits per heavy atom. The second-order valence-corrected chi connectivity index (χ2v) is 8.39. The van der Waals surface area contributed by atoms with Crippen LogP contribution in [0.2, 0.25) is 5.02 Å². The lowest BCUT2D eigenvalue weighted by Crippen LogP contribution is -2.39. The van der Waals surface area contributed by atoms with Gasteiger partial charge < -0.3 is 15.4 Å². The third-order valence-electron chi connectivity index (χ3n) is 5.71. The Morgan fingerprint density at radius 2 is 1.91 bits per heavy atom. The number of nitrogens with one attached hydrogen (secondary N) is 2.